The number of nitrogens with two attached hydrogens (primary N) is 1. The summed E-state index contributed by atoms with van der Waals surface area (Å²) in [4.78, 5) is 23.9. The van der Waals surface area contributed by atoms with E-state index < -0.39 is 32.4 Å². The fourth-order valence-electron chi connectivity index (χ4n) is 2.75. The number of hydrogen-bond acceptors (Lipinski definition) is 4. The Morgan fingerprint density at radius 1 is 1.11 bits per heavy atom. The second-order valence-electron chi connectivity index (χ2n) is 6.59. The SMILES string of the molecule is CC(C)CN(C(=O)C(N)=O)c1ccc(-c2ccccc2)c(S(C)(=O)=O)c1F. The van der Waals surface area contributed by atoms with E-state index in [4.69, 9.17) is 5.73 Å². The molecule has 8 heteroatoms. The summed E-state index contributed by atoms with van der Waals surface area (Å²) in [6, 6.07) is 11.2. The number of halogens is 1. The van der Waals surface area contributed by atoms with Crippen molar-refractivity contribution in [2.24, 2.45) is 11.7 Å². The van der Waals surface area contributed by atoms with Crippen LogP contribution in [-0.4, -0.2) is 33.0 Å². The first-order valence-corrected chi connectivity index (χ1v) is 10.1. The van der Waals surface area contributed by atoms with E-state index >= 15 is 4.39 Å². The molecule has 0 aliphatic heterocycles. The molecule has 0 aliphatic carbocycles. The Hall–Kier alpha value is -2.74. The molecule has 2 amide bonds. The molecule has 0 aliphatic rings. The highest BCUT2D eigenvalue weighted by Crippen LogP contribution is 2.35. The summed E-state index contributed by atoms with van der Waals surface area (Å²) < 4.78 is 39.9. The molecule has 0 aromatic heterocycles. The van der Waals surface area contributed by atoms with Gasteiger partial charge in [-0.05, 0) is 17.5 Å². The fourth-order valence-corrected chi connectivity index (χ4v) is 3.77. The van der Waals surface area contributed by atoms with Crippen LogP contribution in [0.25, 0.3) is 11.1 Å². The molecule has 0 fully saturated rings. The fraction of sp³-hybridized carbons (Fsp3) is 0.263. The zero-order valence-electron chi connectivity index (χ0n) is 15.3. The van der Waals surface area contributed by atoms with Crippen molar-refractivity contribution in [3.05, 3.63) is 48.3 Å². The summed E-state index contributed by atoms with van der Waals surface area (Å²) in [5, 5.41) is 0. The number of sulfone groups is 1. The number of amides is 2. The Kier molecular flexibility index (Phi) is 6.00. The van der Waals surface area contributed by atoms with E-state index in [1.54, 1.807) is 44.2 Å². The molecular formula is C19H21FN2O4S. The van der Waals surface area contributed by atoms with Gasteiger partial charge in [-0.15, -0.1) is 0 Å². The third-order valence-corrected chi connectivity index (χ3v) is 4.97. The van der Waals surface area contributed by atoms with Crippen LogP contribution in [0, 0.1) is 11.7 Å². The van der Waals surface area contributed by atoms with Gasteiger partial charge in [0.05, 0.1) is 5.69 Å². The minimum absolute atomic E-state index is 0.00653. The maximum Gasteiger partial charge on any atom is 0.316 e. The van der Waals surface area contributed by atoms with Gasteiger partial charge in [0.1, 0.15) is 4.90 Å². The first kappa shape index (κ1) is 20.6. The Morgan fingerprint density at radius 2 is 1.70 bits per heavy atom. The van der Waals surface area contributed by atoms with Gasteiger partial charge >= 0.3 is 11.8 Å². The van der Waals surface area contributed by atoms with Gasteiger partial charge in [-0.25, -0.2) is 12.8 Å². The number of benzene rings is 2. The molecule has 0 saturated carbocycles. The van der Waals surface area contributed by atoms with Crippen molar-refractivity contribution >= 4 is 27.3 Å². The smallest absolute Gasteiger partial charge is 0.316 e. The van der Waals surface area contributed by atoms with Crippen molar-refractivity contribution in [2.75, 3.05) is 17.7 Å². The van der Waals surface area contributed by atoms with E-state index in [0.717, 1.165) is 11.2 Å². The van der Waals surface area contributed by atoms with Gasteiger partial charge in [-0.2, -0.15) is 0 Å². The number of nitrogens with zero attached hydrogens (tertiary/aromatic N) is 1. The highest BCUT2D eigenvalue weighted by atomic mass is 32.2. The number of rotatable bonds is 5. The van der Waals surface area contributed by atoms with Gasteiger partial charge in [-0.3, -0.25) is 9.59 Å². The van der Waals surface area contributed by atoms with Crippen molar-refractivity contribution in [1.82, 2.24) is 0 Å². The molecule has 0 spiro atoms. The Balaban J connectivity index is 2.76. The second-order valence-corrected chi connectivity index (χ2v) is 8.54. The lowest BCUT2D eigenvalue weighted by atomic mass is 10.0. The predicted octanol–water partition coefficient (Wildman–Crippen LogP) is 2.37. The summed E-state index contributed by atoms with van der Waals surface area (Å²) in [5.74, 6) is -3.55. The number of hydrogen-bond donors (Lipinski definition) is 1. The van der Waals surface area contributed by atoms with Gasteiger partial charge in [-0.1, -0.05) is 50.2 Å². The highest BCUT2D eigenvalue weighted by molar-refractivity contribution is 7.90. The van der Waals surface area contributed by atoms with E-state index in [1.165, 1.54) is 12.1 Å². The molecule has 27 heavy (non-hydrogen) atoms. The minimum atomic E-state index is -3.97. The van der Waals surface area contributed by atoms with Gasteiger partial charge in [0.2, 0.25) is 0 Å². The van der Waals surface area contributed by atoms with E-state index in [9.17, 15) is 18.0 Å². The summed E-state index contributed by atoms with van der Waals surface area (Å²) in [5.41, 5.74) is 5.47. The monoisotopic (exact) mass is 392 g/mol. The average molecular weight is 392 g/mol. The molecule has 144 valence electrons. The van der Waals surface area contributed by atoms with Crippen LogP contribution in [0.5, 0.6) is 0 Å². The molecule has 0 radical (unpaired) electrons. The van der Waals surface area contributed by atoms with Gasteiger partial charge in [0, 0.05) is 18.4 Å². The van der Waals surface area contributed by atoms with Crippen LogP contribution in [0.1, 0.15) is 13.8 Å². The lowest BCUT2D eigenvalue weighted by Gasteiger charge is -2.25. The van der Waals surface area contributed by atoms with Crippen molar-refractivity contribution in [3.63, 3.8) is 0 Å². The van der Waals surface area contributed by atoms with E-state index in [1.807, 2.05) is 0 Å². The van der Waals surface area contributed by atoms with E-state index in [2.05, 4.69) is 0 Å². The molecule has 2 rings (SSSR count). The van der Waals surface area contributed by atoms with Crippen LogP contribution in [0.15, 0.2) is 47.4 Å². The second kappa shape index (κ2) is 7.87. The molecule has 0 saturated heterocycles. The lowest BCUT2D eigenvalue weighted by molar-refractivity contribution is -0.135. The molecule has 2 N–H and O–H groups in total. The Morgan fingerprint density at radius 3 is 2.19 bits per heavy atom. The first-order chi connectivity index (χ1) is 12.5. The van der Waals surface area contributed by atoms with Crippen LogP contribution < -0.4 is 10.6 Å². The summed E-state index contributed by atoms with van der Waals surface area (Å²) in [6.07, 6.45) is 0.893. The molecule has 2 aromatic rings. The van der Waals surface area contributed by atoms with Crippen LogP contribution in [0.3, 0.4) is 0 Å². The molecular weight excluding hydrogens is 371 g/mol. The molecule has 0 bridgehead atoms. The number of carbonyl (C=O) groups is 2. The average Bonchev–Trinajstić information content (AvgIpc) is 2.58. The molecule has 0 heterocycles. The highest BCUT2D eigenvalue weighted by Gasteiger charge is 2.29. The minimum Gasteiger partial charge on any atom is -0.361 e. The number of anilines is 1. The van der Waals surface area contributed by atoms with Crippen LogP contribution in [0.4, 0.5) is 10.1 Å². The largest absolute Gasteiger partial charge is 0.361 e. The maximum absolute atomic E-state index is 15.3. The van der Waals surface area contributed by atoms with Gasteiger partial charge in [0.15, 0.2) is 15.7 Å². The lowest BCUT2D eigenvalue weighted by Crippen LogP contribution is -2.43. The first-order valence-electron chi connectivity index (χ1n) is 8.23. The zero-order chi connectivity index (χ0) is 20.4. The zero-order valence-corrected chi connectivity index (χ0v) is 16.1. The van der Waals surface area contributed by atoms with Gasteiger partial charge < -0.3 is 10.6 Å². The molecule has 0 atom stereocenters. The number of primary amides is 1. The predicted molar refractivity (Wildman–Crippen MR) is 101 cm³/mol. The van der Waals surface area contributed by atoms with E-state index in [-0.39, 0.29) is 23.7 Å². The molecule has 6 nitrogen and oxygen atoms in total. The normalized spacial score (nSPS) is 11.4. The Bertz CT molecular complexity index is 973. The maximum atomic E-state index is 15.3. The van der Waals surface area contributed by atoms with E-state index in [0.29, 0.717) is 5.56 Å². The third kappa shape index (κ3) is 4.51. The molecule has 0 unspecified atom stereocenters. The quantitative estimate of drug-likeness (QED) is 0.790. The topological polar surface area (TPSA) is 97.5 Å². The van der Waals surface area contributed by atoms with Crippen molar-refractivity contribution in [3.8, 4) is 11.1 Å². The summed E-state index contributed by atoms with van der Waals surface area (Å²) >= 11 is 0. The van der Waals surface area contributed by atoms with Crippen molar-refractivity contribution in [1.29, 1.82) is 0 Å². The van der Waals surface area contributed by atoms with Crippen molar-refractivity contribution in [2.45, 2.75) is 18.7 Å². The summed E-state index contributed by atoms with van der Waals surface area (Å²) in [6.45, 7) is 3.55. The summed E-state index contributed by atoms with van der Waals surface area (Å²) in [7, 11) is -3.97. The Labute approximate surface area is 157 Å². The van der Waals surface area contributed by atoms with Crippen LogP contribution in [-0.2, 0) is 19.4 Å². The van der Waals surface area contributed by atoms with Crippen molar-refractivity contribution < 1.29 is 22.4 Å². The molecule has 2 aromatic carbocycles. The standard InChI is InChI=1S/C19H21FN2O4S/c1-12(2)11-22(19(24)18(21)23)15-10-9-14(13-7-5-4-6-8-13)17(16(15)20)27(3,25)26/h4-10,12H,11H2,1-3H3,(H2,21,23). The third-order valence-electron chi connectivity index (χ3n) is 3.83. The van der Waals surface area contributed by atoms with Crippen LogP contribution in [0.2, 0.25) is 0 Å². The number of carbonyl (C=O) groups excluding carboxylic acids is 2. The van der Waals surface area contributed by atoms with Crippen LogP contribution >= 0.6 is 0 Å². The van der Waals surface area contributed by atoms with Gasteiger partial charge in [0.25, 0.3) is 0 Å².